The largest absolute Gasteiger partial charge is 0.349 e. The third kappa shape index (κ3) is 4.80. The number of amides is 1. The minimum absolute atomic E-state index is 0.0340. The zero-order chi connectivity index (χ0) is 12.9. The molecule has 0 bridgehead atoms. The van der Waals surface area contributed by atoms with Crippen LogP contribution < -0.4 is 10.0 Å². The van der Waals surface area contributed by atoms with Crippen LogP contribution >= 0.6 is 11.3 Å². The summed E-state index contributed by atoms with van der Waals surface area (Å²) in [5.74, 6) is -0.253. The smallest absolute Gasteiger partial charge is 0.270 e. The van der Waals surface area contributed by atoms with E-state index < -0.39 is 10.0 Å². The van der Waals surface area contributed by atoms with Crippen molar-refractivity contribution < 1.29 is 13.2 Å². The monoisotopic (exact) mass is 277 g/mol. The van der Waals surface area contributed by atoms with Crippen LogP contribution in [0.15, 0.2) is 5.38 Å². The highest BCUT2D eigenvalue weighted by Crippen LogP contribution is 2.07. The maximum absolute atomic E-state index is 11.5. The van der Waals surface area contributed by atoms with Crippen molar-refractivity contribution in [2.24, 2.45) is 0 Å². The molecule has 0 fully saturated rings. The first-order valence-corrected chi connectivity index (χ1v) is 7.65. The van der Waals surface area contributed by atoms with Crippen LogP contribution in [0.4, 0.5) is 0 Å². The van der Waals surface area contributed by atoms with Crippen molar-refractivity contribution in [1.29, 1.82) is 0 Å². The van der Waals surface area contributed by atoms with E-state index in [1.165, 1.54) is 11.3 Å². The fraction of sp³-hybridized carbons (Fsp3) is 0.556. The van der Waals surface area contributed by atoms with Crippen molar-refractivity contribution in [3.05, 3.63) is 16.1 Å². The van der Waals surface area contributed by atoms with E-state index in [1.54, 1.807) is 12.3 Å². The SMILES string of the molecule is CCS(=O)(=O)NCCNC(=O)c1csc(C)n1. The molecule has 96 valence electrons. The third-order valence-corrected chi connectivity index (χ3v) is 4.14. The number of nitrogens with one attached hydrogen (secondary N) is 2. The molecule has 1 rings (SSSR count). The van der Waals surface area contributed by atoms with Crippen LogP contribution in [-0.4, -0.2) is 38.2 Å². The van der Waals surface area contributed by atoms with Gasteiger partial charge in [0, 0.05) is 18.5 Å². The molecule has 0 saturated heterocycles. The number of nitrogens with zero attached hydrogens (tertiary/aromatic N) is 1. The molecule has 0 saturated carbocycles. The van der Waals surface area contributed by atoms with Crippen LogP contribution in [0.1, 0.15) is 22.4 Å². The molecule has 0 unspecified atom stereocenters. The number of rotatable bonds is 6. The highest BCUT2D eigenvalue weighted by atomic mass is 32.2. The van der Waals surface area contributed by atoms with Crippen LogP contribution in [0.25, 0.3) is 0 Å². The summed E-state index contributed by atoms with van der Waals surface area (Å²) in [6.07, 6.45) is 0. The summed E-state index contributed by atoms with van der Waals surface area (Å²) in [7, 11) is -3.19. The number of carbonyl (C=O) groups excluding carboxylic acids is 1. The molecule has 1 heterocycles. The standard InChI is InChI=1S/C9H15N3O3S2/c1-3-17(14,15)11-5-4-10-9(13)8-6-16-7(2)12-8/h6,11H,3-5H2,1-2H3,(H,10,13). The average molecular weight is 277 g/mol. The highest BCUT2D eigenvalue weighted by molar-refractivity contribution is 7.89. The number of aromatic nitrogens is 1. The molecule has 17 heavy (non-hydrogen) atoms. The van der Waals surface area contributed by atoms with Gasteiger partial charge in [-0.05, 0) is 13.8 Å². The van der Waals surface area contributed by atoms with Gasteiger partial charge in [-0.2, -0.15) is 0 Å². The van der Waals surface area contributed by atoms with E-state index in [4.69, 9.17) is 0 Å². The summed E-state index contributed by atoms with van der Waals surface area (Å²) >= 11 is 1.40. The molecule has 2 N–H and O–H groups in total. The molecule has 0 aliphatic carbocycles. The normalized spacial score (nSPS) is 11.4. The van der Waals surface area contributed by atoms with E-state index in [1.807, 2.05) is 6.92 Å². The second-order valence-electron chi connectivity index (χ2n) is 3.31. The van der Waals surface area contributed by atoms with Gasteiger partial charge in [-0.3, -0.25) is 4.79 Å². The summed E-state index contributed by atoms with van der Waals surface area (Å²) in [5.41, 5.74) is 0.367. The average Bonchev–Trinajstić information content (AvgIpc) is 2.71. The second-order valence-corrected chi connectivity index (χ2v) is 6.46. The molecular formula is C9H15N3O3S2. The molecule has 0 aliphatic rings. The van der Waals surface area contributed by atoms with Gasteiger partial charge in [0.2, 0.25) is 10.0 Å². The third-order valence-electron chi connectivity index (χ3n) is 1.96. The van der Waals surface area contributed by atoms with Gasteiger partial charge < -0.3 is 5.32 Å². The lowest BCUT2D eigenvalue weighted by Crippen LogP contribution is -2.35. The number of carbonyl (C=O) groups is 1. The predicted octanol–water partition coefficient (Wildman–Crippen LogP) is 0.121. The summed E-state index contributed by atoms with van der Waals surface area (Å²) < 4.78 is 24.5. The van der Waals surface area contributed by atoms with Gasteiger partial charge in [-0.1, -0.05) is 0 Å². The minimum atomic E-state index is -3.19. The second kappa shape index (κ2) is 6.08. The van der Waals surface area contributed by atoms with Crippen molar-refractivity contribution in [1.82, 2.24) is 15.0 Å². The Labute approximate surface area is 105 Å². The molecule has 0 aliphatic heterocycles. The van der Waals surface area contributed by atoms with Gasteiger partial charge in [-0.25, -0.2) is 18.1 Å². The van der Waals surface area contributed by atoms with E-state index >= 15 is 0 Å². The molecule has 0 aromatic carbocycles. The Kier molecular flexibility index (Phi) is 5.03. The molecule has 0 radical (unpaired) electrons. The van der Waals surface area contributed by atoms with Crippen LogP contribution in [0.5, 0.6) is 0 Å². The Morgan fingerprint density at radius 2 is 2.18 bits per heavy atom. The number of aryl methyl sites for hydroxylation is 1. The fourth-order valence-electron chi connectivity index (χ4n) is 1.04. The van der Waals surface area contributed by atoms with Gasteiger partial charge in [0.15, 0.2) is 0 Å². The van der Waals surface area contributed by atoms with E-state index in [0.29, 0.717) is 5.69 Å². The Balaban J connectivity index is 2.30. The molecule has 8 heteroatoms. The number of thiazole rings is 1. The van der Waals surface area contributed by atoms with Gasteiger partial charge >= 0.3 is 0 Å². The maximum atomic E-state index is 11.5. The number of hydrogen-bond donors (Lipinski definition) is 2. The maximum Gasteiger partial charge on any atom is 0.270 e. The van der Waals surface area contributed by atoms with Crippen LogP contribution in [0, 0.1) is 6.92 Å². The molecule has 0 atom stereocenters. The Morgan fingerprint density at radius 1 is 1.47 bits per heavy atom. The van der Waals surface area contributed by atoms with Crippen molar-refractivity contribution in [3.63, 3.8) is 0 Å². The minimum Gasteiger partial charge on any atom is -0.349 e. The van der Waals surface area contributed by atoms with E-state index in [0.717, 1.165) is 5.01 Å². The fourth-order valence-corrected chi connectivity index (χ4v) is 2.25. The highest BCUT2D eigenvalue weighted by Gasteiger charge is 2.09. The van der Waals surface area contributed by atoms with Gasteiger partial charge in [-0.15, -0.1) is 11.3 Å². The van der Waals surface area contributed by atoms with E-state index in [-0.39, 0.29) is 24.7 Å². The van der Waals surface area contributed by atoms with Crippen LogP contribution in [0.3, 0.4) is 0 Å². The molecule has 1 aromatic rings. The predicted molar refractivity (Wildman–Crippen MR) is 66.6 cm³/mol. The van der Waals surface area contributed by atoms with Crippen molar-refractivity contribution >= 4 is 27.3 Å². The summed E-state index contributed by atoms with van der Waals surface area (Å²) in [6, 6.07) is 0. The quantitative estimate of drug-likeness (QED) is 0.723. The lowest BCUT2D eigenvalue weighted by atomic mass is 10.4. The Hall–Kier alpha value is -0.990. The Morgan fingerprint density at radius 3 is 2.71 bits per heavy atom. The number of hydrogen-bond acceptors (Lipinski definition) is 5. The summed E-state index contributed by atoms with van der Waals surface area (Å²) in [6.45, 7) is 3.80. The van der Waals surface area contributed by atoms with E-state index in [9.17, 15) is 13.2 Å². The van der Waals surface area contributed by atoms with Crippen LogP contribution in [0.2, 0.25) is 0 Å². The lowest BCUT2D eigenvalue weighted by molar-refractivity contribution is 0.0950. The molecule has 1 aromatic heterocycles. The van der Waals surface area contributed by atoms with Gasteiger partial charge in [0.05, 0.1) is 10.8 Å². The first-order valence-electron chi connectivity index (χ1n) is 5.12. The zero-order valence-electron chi connectivity index (χ0n) is 9.69. The van der Waals surface area contributed by atoms with E-state index in [2.05, 4.69) is 15.0 Å². The first-order chi connectivity index (χ1) is 7.94. The van der Waals surface area contributed by atoms with Crippen molar-refractivity contribution in [3.8, 4) is 0 Å². The van der Waals surface area contributed by atoms with Crippen molar-refractivity contribution in [2.75, 3.05) is 18.8 Å². The zero-order valence-corrected chi connectivity index (χ0v) is 11.3. The Bertz CT molecular complexity index is 481. The summed E-state index contributed by atoms with van der Waals surface area (Å²) in [4.78, 5) is 15.5. The number of sulfonamides is 1. The van der Waals surface area contributed by atoms with Crippen molar-refractivity contribution in [2.45, 2.75) is 13.8 Å². The van der Waals surface area contributed by atoms with Crippen LogP contribution in [-0.2, 0) is 10.0 Å². The molecule has 6 nitrogen and oxygen atoms in total. The molecule has 0 spiro atoms. The molecular weight excluding hydrogens is 262 g/mol. The first kappa shape index (κ1) is 14.1. The summed E-state index contributed by atoms with van der Waals surface area (Å²) in [5, 5.41) is 5.08. The lowest BCUT2D eigenvalue weighted by Gasteiger charge is -2.05. The topological polar surface area (TPSA) is 88.2 Å². The van der Waals surface area contributed by atoms with Gasteiger partial charge in [0.25, 0.3) is 5.91 Å². The van der Waals surface area contributed by atoms with Gasteiger partial charge in [0.1, 0.15) is 5.69 Å². The molecule has 1 amide bonds.